The average Bonchev–Trinajstić information content (AvgIpc) is 2.81. The summed E-state index contributed by atoms with van der Waals surface area (Å²) in [6.45, 7) is 2.64. The molecule has 0 atom stereocenters. The number of halogens is 3. The number of carbonyl (C=O) groups excluding carboxylic acids is 2. The highest BCUT2D eigenvalue weighted by atomic mass is 79.9. The Labute approximate surface area is 225 Å². The summed E-state index contributed by atoms with van der Waals surface area (Å²) in [5.74, 6) is 0.0779. The van der Waals surface area contributed by atoms with Crippen molar-refractivity contribution in [3.8, 4) is 11.5 Å². The molecule has 0 heterocycles. The van der Waals surface area contributed by atoms with Crippen LogP contribution < -0.4 is 20.2 Å². The van der Waals surface area contributed by atoms with Crippen LogP contribution in [0.3, 0.4) is 0 Å². The van der Waals surface area contributed by atoms with Gasteiger partial charge in [0.2, 0.25) is 11.8 Å². The first-order valence-corrected chi connectivity index (χ1v) is 12.5. The largest absolute Gasteiger partial charge is 0.490 e. The van der Waals surface area contributed by atoms with Crippen molar-refractivity contribution in [2.75, 3.05) is 11.9 Å². The Morgan fingerprint density at radius 3 is 2.46 bits per heavy atom. The number of hydrogen-bond donors (Lipinski definition) is 2. The highest BCUT2D eigenvalue weighted by Crippen LogP contribution is 2.37. The zero-order chi connectivity index (χ0) is 25.2. The van der Waals surface area contributed by atoms with Crippen LogP contribution >= 0.6 is 43.5 Å². The Bertz CT molecular complexity index is 1220. The number of amides is 2. The molecule has 35 heavy (non-hydrogen) atoms. The normalized spacial score (nSPS) is 10.7. The van der Waals surface area contributed by atoms with E-state index in [9.17, 15) is 9.59 Å². The molecule has 7 nitrogen and oxygen atoms in total. The summed E-state index contributed by atoms with van der Waals surface area (Å²) in [6.07, 6.45) is 1.09. The van der Waals surface area contributed by atoms with E-state index < -0.39 is 11.8 Å². The van der Waals surface area contributed by atoms with Crippen LogP contribution in [0.15, 0.2) is 74.7 Å². The predicted molar refractivity (Wildman–Crippen MR) is 144 cm³/mol. The first kappa shape index (κ1) is 26.7. The molecule has 3 aromatic carbocycles. The number of carbonyl (C=O) groups is 2. The van der Waals surface area contributed by atoms with Gasteiger partial charge in [0.25, 0.3) is 0 Å². The minimum absolute atomic E-state index is 0.334. The number of para-hydroxylation sites is 1. The van der Waals surface area contributed by atoms with E-state index in [1.54, 1.807) is 42.5 Å². The van der Waals surface area contributed by atoms with Gasteiger partial charge in [-0.25, -0.2) is 5.43 Å². The van der Waals surface area contributed by atoms with Crippen LogP contribution in [0.1, 0.15) is 24.5 Å². The molecule has 0 aliphatic carbocycles. The summed E-state index contributed by atoms with van der Waals surface area (Å²) >= 11 is 12.8. The molecule has 0 unspecified atom stereocenters. The first-order valence-electron chi connectivity index (χ1n) is 10.6. The molecule has 3 rings (SSSR count). The van der Waals surface area contributed by atoms with Gasteiger partial charge in [0.05, 0.1) is 23.0 Å². The maximum absolute atomic E-state index is 12.1. The third-order valence-electron chi connectivity index (χ3n) is 4.50. The second-order valence-electron chi connectivity index (χ2n) is 7.18. The van der Waals surface area contributed by atoms with Gasteiger partial charge in [0, 0.05) is 9.50 Å². The molecular weight excluding hydrogens is 602 g/mol. The van der Waals surface area contributed by atoms with Crippen LogP contribution in [0.4, 0.5) is 5.69 Å². The highest BCUT2D eigenvalue weighted by Gasteiger charge is 2.13. The summed E-state index contributed by atoms with van der Waals surface area (Å²) in [5.41, 5.74) is 4.57. The van der Waals surface area contributed by atoms with Crippen LogP contribution in [-0.4, -0.2) is 24.6 Å². The number of hydrogen-bond acceptors (Lipinski definition) is 5. The van der Waals surface area contributed by atoms with E-state index in [-0.39, 0.29) is 6.42 Å². The van der Waals surface area contributed by atoms with Gasteiger partial charge in [-0.05, 0) is 86.3 Å². The Hall–Kier alpha value is -2.88. The number of rotatable bonds is 10. The lowest BCUT2D eigenvalue weighted by Gasteiger charge is -2.14. The van der Waals surface area contributed by atoms with Gasteiger partial charge in [-0.2, -0.15) is 5.10 Å². The summed E-state index contributed by atoms with van der Waals surface area (Å²) in [5, 5.41) is 7.28. The molecule has 0 bridgehead atoms. The zero-order valence-electron chi connectivity index (χ0n) is 18.7. The van der Waals surface area contributed by atoms with Gasteiger partial charge in [-0.1, -0.05) is 35.9 Å². The molecular formula is C25H22Br2ClN3O4. The monoisotopic (exact) mass is 621 g/mol. The van der Waals surface area contributed by atoms with Crippen molar-refractivity contribution < 1.29 is 19.1 Å². The van der Waals surface area contributed by atoms with Crippen molar-refractivity contribution in [2.24, 2.45) is 5.10 Å². The molecule has 0 aliphatic heterocycles. The number of hydrazone groups is 1. The average molecular weight is 624 g/mol. The van der Waals surface area contributed by atoms with Crippen molar-refractivity contribution in [1.29, 1.82) is 0 Å². The Kier molecular flexibility index (Phi) is 10.1. The van der Waals surface area contributed by atoms with Crippen molar-refractivity contribution in [1.82, 2.24) is 5.43 Å². The third-order valence-corrected chi connectivity index (χ3v) is 6.03. The van der Waals surface area contributed by atoms with Crippen molar-refractivity contribution in [3.63, 3.8) is 0 Å². The third kappa shape index (κ3) is 8.38. The van der Waals surface area contributed by atoms with E-state index in [1.807, 2.05) is 25.1 Å². The fraction of sp³-hybridized carbons (Fsp3) is 0.160. The van der Waals surface area contributed by atoms with Crippen LogP contribution in [-0.2, 0) is 16.2 Å². The molecule has 0 spiro atoms. The van der Waals surface area contributed by atoms with E-state index >= 15 is 0 Å². The van der Waals surface area contributed by atoms with Gasteiger partial charge in [0.1, 0.15) is 13.0 Å². The number of nitrogens with zero attached hydrogens (tertiary/aromatic N) is 1. The Balaban J connectivity index is 1.60. The molecule has 2 N–H and O–H groups in total. The van der Waals surface area contributed by atoms with Crippen LogP contribution in [0.5, 0.6) is 11.5 Å². The lowest BCUT2D eigenvalue weighted by molar-refractivity contribution is -0.126. The fourth-order valence-corrected chi connectivity index (χ4v) is 4.01. The second-order valence-corrected chi connectivity index (χ2v) is 9.32. The molecule has 0 radical (unpaired) electrons. The maximum Gasteiger partial charge on any atom is 0.249 e. The van der Waals surface area contributed by atoms with Gasteiger partial charge >= 0.3 is 0 Å². The van der Waals surface area contributed by atoms with E-state index in [4.69, 9.17) is 21.1 Å². The van der Waals surface area contributed by atoms with Crippen LogP contribution in [0.2, 0.25) is 5.02 Å². The van der Waals surface area contributed by atoms with Gasteiger partial charge in [-0.15, -0.1) is 0 Å². The zero-order valence-corrected chi connectivity index (χ0v) is 22.6. The standard InChI is InChI=1S/C25H22Br2ClN3O4/c1-2-34-22-12-17(11-20(27)25(22)35-15-16-7-9-18(28)10-8-16)14-29-31-24(33)13-23(32)30-21-6-4-3-5-19(21)26/h3-12,14H,2,13,15H2,1H3,(H,30,32)(H,31,33). The number of benzene rings is 3. The SMILES string of the molecule is CCOc1cc(C=NNC(=O)CC(=O)Nc2ccccc2Br)cc(Br)c1OCc1ccc(Cl)cc1. The summed E-state index contributed by atoms with van der Waals surface area (Å²) < 4.78 is 13.1. The van der Waals surface area contributed by atoms with E-state index in [0.29, 0.717) is 45.5 Å². The molecule has 0 aliphatic rings. The summed E-state index contributed by atoms with van der Waals surface area (Å²) in [4.78, 5) is 24.2. The molecule has 0 saturated carbocycles. The molecule has 0 fully saturated rings. The van der Waals surface area contributed by atoms with Crippen molar-refractivity contribution >= 4 is 67.2 Å². The highest BCUT2D eigenvalue weighted by molar-refractivity contribution is 9.11. The Morgan fingerprint density at radius 2 is 1.74 bits per heavy atom. The first-order chi connectivity index (χ1) is 16.9. The number of ether oxygens (including phenoxy) is 2. The lowest BCUT2D eigenvalue weighted by Crippen LogP contribution is -2.24. The van der Waals surface area contributed by atoms with E-state index in [0.717, 1.165) is 10.0 Å². The lowest BCUT2D eigenvalue weighted by atomic mass is 10.2. The van der Waals surface area contributed by atoms with E-state index in [1.165, 1.54) is 6.21 Å². The maximum atomic E-state index is 12.1. The van der Waals surface area contributed by atoms with Crippen molar-refractivity contribution in [3.05, 3.63) is 85.8 Å². The minimum Gasteiger partial charge on any atom is -0.490 e. The summed E-state index contributed by atoms with van der Waals surface area (Å²) in [7, 11) is 0. The topological polar surface area (TPSA) is 89.0 Å². The molecule has 10 heteroatoms. The van der Waals surface area contributed by atoms with E-state index in [2.05, 4.69) is 47.7 Å². The van der Waals surface area contributed by atoms with Gasteiger partial charge in [0.15, 0.2) is 11.5 Å². The predicted octanol–water partition coefficient (Wildman–Crippen LogP) is 6.32. The van der Waals surface area contributed by atoms with Gasteiger partial charge in [-0.3, -0.25) is 9.59 Å². The molecule has 3 aromatic rings. The molecule has 2 amide bonds. The summed E-state index contributed by atoms with van der Waals surface area (Å²) in [6, 6.07) is 18.1. The molecule has 0 aromatic heterocycles. The van der Waals surface area contributed by atoms with Crippen LogP contribution in [0.25, 0.3) is 0 Å². The quantitative estimate of drug-likeness (QED) is 0.157. The molecule has 182 valence electrons. The minimum atomic E-state index is -0.544. The number of nitrogens with one attached hydrogen (secondary N) is 2. The van der Waals surface area contributed by atoms with Crippen LogP contribution in [0, 0.1) is 0 Å². The number of anilines is 1. The van der Waals surface area contributed by atoms with Crippen molar-refractivity contribution in [2.45, 2.75) is 20.0 Å². The smallest absolute Gasteiger partial charge is 0.249 e. The fourth-order valence-electron chi connectivity index (χ4n) is 2.92. The van der Waals surface area contributed by atoms with Gasteiger partial charge < -0.3 is 14.8 Å². The molecule has 0 saturated heterocycles. The Morgan fingerprint density at radius 1 is 1.00 bits per heavy atom. The second kappa shape index (κ2) is 13.3.